The molecule has 4 aliphatic carbocycles. The number of hydrogen-bond acceptors (Lipinski definition) is 3. The Morgan fingerprint density at radius 3 is 2.23 bits per heavy atom. The fourth-order valence-electron chi connectivity index (χ4n) is 7.13. The van der Waals surface area contributed by atoms with Crippen molar-refractivity contribution in [2.75, 3.05) is 13.6 Å². The van der Waals surface area contributed by atoms with E-state index in [9.17, 15) is 14.4 Å². The fraction of sp³-hybridized carbons (Fsp3) is 0.625. The molecule has 1 aromatic heterocycles. The van der Waals surface area contributed by atoms with Gasteiger partial charge in [0.1, 0.15) is 6.54 Å². The molecule has 6 nitrogen and oxygen atoms in total. The van der Waals surface area contributed by atoms with E-state index in [1.54, 1.807) is 31.2 Å². The van der Waals surface area contributed by atoms with Crippen molar-refractivity contribution >= 4 is 16.8 Å². The lowest BCUT2D eigenvalue weighted by Crippen LogP contribution is -2.52. The first-order valence-electron chi connectivity index (χ1n) is 11.4. The Bertz CT molecular complexity index is 1080. The van der Waals surface area contributed by atoms with Crippen molar-refractivity contribution in [1.29, 1.82) is 0 Å². The van der Waals surface area contributed by atoms with Crippen molar-refractivity contribution in [3.05, 3.63) is 45.1 Å². The fourth-order valence-corrected chi connectivity index (χ4v) is 7.13. The summed E-state index contributed by atoms with van der Waals surface area (Å²) in [7, 11) is 1.88. The molecule has 0 aliphatic heterocycles. The first kappa shape index (κ1) is 19.6. The molecular formula is C24H31N3O3. The van der Waals surface area contributed by atoms with Crippen LogP contribution in [0.2, 0.25) is 0 Å². The Labute approximate surface area is 176 Å². The van der Waals surface area contributed by atoms with Gasteiger partial charge in [-0.1, -0.05) is 12.1 Å². The van der Waals surface area contributed by atoms with Gasteiger partial charge in [0.15, 0.2) is 0 Å². The number of amides is 1. The molecule has 30 heavy (non-hydrogen) atoms. The highest BCUT2D eigenvalue weighted by Crippen LogP contribution is 2.60. The smallest absolute Gasteiger partial charge is 0.331 e. The molecule has 6 rings (SSSR count). The monoisotopic (exact) mass is 409 g/mol. The van der Waals surface area contributed by atoms with E-state index in [1.165, 1.54) is 47.7 Å². The van der Waals surface area contributed by atoms with Crippen molar-refractivity contribution in [2.45, 2.75) is 58.5 Å². The van der Waals surface area contributed by atoms with Crippen LogP contribution in [-0.2, 0) is 17.9 Å². The van der Waals surface area contributed by atoms with E-state index in [0.717, 1.165) is 24.3 Å². The minimum Gasteiger partial charge on any atom is -0.344 e. The predicted molar refractivity (Wildman–Crippen MR) is 116 cm³/mol. The first-order valence-corrected chi connectivity index (χ1v) is 11.4. The Morgan fingerprint density at radius 1 is 1.03 bits per heavy atom. The molecule has 0 radical (unpaired) electrons. The molecule has 2 aromatic rings. The summed E-state index contributed by atoms with van der Waals surface area (Å²) in [6, 6.07) is 7.07. The summed E-state index contributed by atoms with van der Waals surface area (Å²) < 4.78 is 2.69. The SMILES string of the molecule is CCn1c(=O)c2ccccc2n(CC(=O)N(C)CC23CC4CC(CC(C4)C2)C3)c1=O. The van der Waals surface area contributed by atoms with E-state index < -0.39 is 5.69 Å². The molecule has 4 bridgehead atoms. The Kier molecular flexibility index (Phi) is 4.64. The van der Waals surface area contributed by atoms with Crippen molar-refractivity contribution in [1.82, 2.24) is 14.0 Å². The highest BCUT2D eigenvalue weighted by molar-refractivity contribution is 5.81. The third kappa shape index (κ3) is 3.12. The number of benzene rings is 1. The van der Waals surface area contributed by atoms with Crippen molar-refractivity contribution in [3.63, 3.8) is 0 Å². The summed E-state index contributed by atoms with van der Waals surface area (Å²) in [5, 5.41) is 0.482. The highest BCUT2D eigenvalue weighted by Gasteiger charge is 2.51. The lowest BCUT2D eigenvalue weighted by atomic mass is 9.49. The lowest BCUT2D eigenvalue weighted by Gasteiger charge is -2.57. The van der Waals surface area contributed by atoms with Gasteiger partial charge in [-0.2, -0.15) is 0 Å². The van der Waals surface area contributed by atoms with E-state index in [2.05, 4.69) is 0 Å². The second kappa shape index (κ2) is 7.10. The zero-order valence-electron chi connectivity index (χ0n) is 18.0. The summed E-state index contributed by atoms with van der Waals surface area (Å²) in [6.45, 7) is 2.83. The first-order chi connectivity index (χ1) is 14.4. The van der Waals surface area contributed by atoms with Crippen LogP contribution >= 0.6 is 0 Å². The van der Waals surface area contributed by atoms with Gasteiger partial charge in [0.25, 0.3) is 5.56 Å². The summed E-state index contributed by atoms with van der Waals surface area (Å²) in [5.74, 6) is 2.48. The molecule has 4 saturated carbocycles. The van der Waals surface area contributed by atoms with Crippen molar-refractivity contribution < 1.29 is 4.79 Å². The van der Waals surface area contributed by atoms with Gasteiger partial charge in [0.2, 0.25) is 5.91 Å². The van der Waals surface area contributed by atoms with Gasteiger partial charge in [0.05, 0.1) is 10.9 Å². The molecule has 0 saturated heterocycles. The molecule has 6 heteroatoms. The van der Waals surface area contributed by atoms with Crippen LogP contribution < -0.4 is 11.2 Å². The molecule has 4 fully saturated rings. The van der Waals surface area contributed by atoms with Gasteiger partial charge in [-0.25, -0.2) is 4.79 Å². The maximum Gasteiger partial charge on any atom is 0.331 e. The van der Waals surface area contributed by atoms with Gasteiger partial charge >= 0.3 is 5.69 Å². The Morgan fingerprint density at radius 2 is 1.63 bits per heavy atom. The van der Waals surface area contributed by atoms with E-state index in [-0.39, 0.29) is 23.4 Å². The predicted octanol–water partition coefficient (Wildman–Crippen LogP) is 2.86. The topological polar surface area (TPSA) is 64.3 Å². The maximum atomic E-state index is 13.2. The number of para-hydroxylation sites is 1. The molecule has 1 aromatic carbocycles. The minimum atomic E-state index is -0.405. The molecular weight excluding hydrogens is 378 g/mol. The Balaban J connectivity index is 1.41. The van der Waals surface area contributed by atoms with Crippen LogP contribution in [0.3, 0.4) is 0 Å². The Hall–Kier alpha value is -2.37. The zero-order valence-corrected chi connectivity index (χ0v) is 18.0. The number of carbonyl (C=O) groups is 1. The number of likely N-dealkylation sites (N-methyl/N-ethyl adjacent to an activating group) is 1. The van der Waals surface area contributed by atoms with Crippen LogP contribution in [0.25, 0.3) is 10.9 Å². The third-order valence-electron chi connectivity index (χ3n) is 7.91. The largest absolute Gasteiger partial charge is 0.344 e. The van der Waals surface area contributed by atoms with Gasteiger partial charge < -0.3 is 4.90 Å². The van der Waals surface area contributed by atoms with E-state index in [0.29, 0.717) is 17.4 Å². The van der Waals surface area contributed by atoms with E-state index in [4.69, 9.17) is 0 Å². The summed E-state index contributed by atoms with van der Waals surface area (Å²) >= 11 is 0. The molecule has 1 amide bonds. The van der Waals surface area contributed by atoms with Gasteiger partial charge in [0, 0.05) is 20.1 Å². The maximum absolute atomic E-state index is 13.2. The zero-order chi connectivity index (χ0) is 21.0. The van der Waals surface area contributed by atoms with Crippen LogP contribution in [-0.4, -0.2) is 33.5 Å². The molecule has 1 heterocycles. The van der Waals surface area contributed by atoms with Crippen molar-refractivity contribution in [3.8, 4) is 0 Å². The summed E-state index contributed by atoms with van der Waals surface area (Å²) in [4.78, 5) is 40.6. The molecule has 0 unspecified atom stereocenters. The van der Waals surface area contributed by atoms with E-state index in [1.807, 2.05) is 11.9 Å². The van der Waals surface area contributed by atoms with Crippen LogP contribution in [0.5, 0.6) is 0 Å². The third-order valence-corrected chi connectivity index (χ3v) is 7.91. The minimum absolute atomic E-state index is 0.0253. The summed E-state index contributed by atoms with van der Waals surface area (Å²) in [5.41, 5.74) is 0.115. The van der Waals surface area contributed by atoms with Gasteiger partial charge in [-0.15, -0.1) is 0 Å². The number of aromatic nitrogens is 2. The average molecular weight is 410 g/mol. The quantitative estimate of drug-likeness (QED) is 0.763. The number of carbonyl (C=O) groups excluding carboxylic acids is 1. The van der Waals surface area contributed by atoms with Crippen molar-refractivity contribution in [2.24, 2.45) is 23.2 Å². The second-order valence-corrected chi connectivity index (χ2v) is 10.1. The molecule has 0 atom stereocenters. The van der Waals surface area contributed by atoms with Gasteiger partial charge in [-0.3, -0.25) is 18.7 Å². The second-order valence-electron chi connectivity index (χ2n) is 10.1. The number of hydrogen-bond donors (Lipinski definition) is 0. The molecule has 0 N–H and O–H groups in total. The molecule has 0 spiro atoms. The number of rotatable bonds is 5. The lowest BCUT2D eigenvalue weighted by molar-refractivity contribution is -0.136. The summed E-state index contributed by atoms with van der Waals surface area (Å²) in [6.07, 6.45) is 7.91. The van der Waals surface area contributed by atoms with Crippen LogP contribution in [0.4, 0.5) is 0 Å². The number of nitrogens with zero attached hydrogens (tertiary/aromatic N) is 3. The standard InChI is InChI=1S/C24H31N3O3/c1-3-26-22(29)19-6-4-5-7-20(19)27(23(26)30)14-21(28)25(2)15-24-11-16-8-17(12-24)10-18(9-16)13-24/h4-7,16-18H,3,8-15H2,1-2H3. The average Bonchev–Trinajstić information content (AvgIpc) is 2.70. The highest BCUT2D eigenvalue weighted by atomic mass is 16.2. The van der Waals surface area contributed by atoms with Crippen LogP contribution in [0.15, 0.2) is 33.9 Å². The van der Waals surface area contributed by atoms with Crippen LogP contribution in [0, 0.1) is 23.2 Å². The van der Waals surface area contributed by atoms with E-state index >= 15 is 0 Å². The van der Waals surface area contributed by atoms with Crippen LogP contribution in [0.1, 0.15) is 45.4 Å². The van der Waals surface area contributed by atoms with Gasteiger partial charge in [-0.05, 0) is 80.8 Å². The number of fused-ring (bicyclic) bond motifs is 1. The normalized spacial score (nSPS) is 29.5. The molecule has 160 valence electrons. The molecule has 4 aliphatic rings.